The molecule has 0 aromatic heterocycles. The van der Waals surface area contributed by atoms with E-state index < -0.39 is 39.6 Å². The van der Waals surface area contributed by atoms with Crippen LogP contribution < -0.4 is 5.32 Å². The van der Waals surface area contributed by atoms with E-state index in [4.69, 9.17) is 32.8 Å². The van der Waals surface area contributed by atoms with Crippen LogP contribution in [0.25, 0.3) is 0 Å². The summed E-state index contributed by atoms with van der Waals surface area (Å²) in [6.07, 6.45) is -4.87. The van der Waals surface area contributed by atoms with Crippen molar-refractivity contribution in [3.8, 4) is 0 Å². The number of hydrogen-bond acceptors (Lipinski definition) is 4. The van der Waals surface area contributed by atoms with E-state index in [2.05, 4.69) is 10.5 Å². The van der Waals surface area contributed by atoms with Crippen LogP contribution in [0.5, 0.6) is 0 Å². The van der Waals surface area contributed by atoms with Gasteiger partial charge in [0.25, 0.3) is 11.5 Å². The van der Waals surface area contributed by atoms with E-state index in [0.29, 0.717) is 36.3 Å². The molecule has 5 nitrogen and oxygen atoms in total. The molecule has 0 radical (unpaired) electrons. The van der Waals surface area contributed by atoms with Gasteiger partial charge in [0.2, 0.25) is 0 Å². The summed E-state index contributed by atoms with van der Waals surface area (Å²) < 4.78 is 61.5. The molecule has 0 aliphatic carbocycles. The lowest BCUT2D eigenvalue weighted by molar-refractivity contribution is -0.275. The highest BCUT2D eigenvalue weighted by Crippen LogP contribution is 2.50. The lowest BCUT2D eigenvalue weighted by atomic mass is 9.86. The Morgan fingerprint density at radius 3 is 2.48 bits per heavy atom. The van der Waals surface area contributed by atoms with Gasteiger partial charge in [-0.25, -0.2) is 4.39 Å². The van der Waals surface area contributed by atoms with Crippen LogP contribution in [0.4, 0.5) is 17.6 Å². The number of carbonyl (C=O) groups is 1. The maximum atomic E-state index is 14.2. The van der Waals surface area contributed by atoms with Crippen LogP contribution in [0.3, 0.4) is 0 Å². The highest BCUT2D eigenvalue weighted by molar-refractivity contribution is 6.35. The molecular weight excluding hydrogens is 487 g/mol. The van der Waals surface area contributed by atoms with E-state index in [-0.39, 0.29) is 17.7 Å². The van der Waals surface area contributed by atoms with Gasteiger partial charge < -0.3 is 14.9 Å². The third-order valence-electron chi connectivity index (χ3n) is 5.71. The van der Waals surface area contributed by atoms with E-state index >= 15 is 0 Å². The lowest BCUT2D eigenvalue weighted by Gasteiger charge is -2.29. The van der Waals surface area contributed by atoms with Crippen molar-refractivity contribution in [2.75, 3.05) is 13.2 Å². The number of aryl methyl sites for hydroxylation is 1. The average Bonchev–Trinajstić information content (AvgIpc) is 3.41. The number of nitrogens with one attached hydrogen (secondary N) is 1. The van der Waals surface area contributed by atoms with Crippen LogP contribution in [-0.4, -0.2) is 37.1 Å². The van der Waals surface area contributed by atoms with Crippen LogP contribution in [-0.2, 0) is 15.2 Å². The standard InChI is InChI=1S/C22H18Cl2F4N2O3/c1-11-6-12(2-3-15(11)20(31)29-14-4-5-32-10-14)18-9-21(33-30-18,22(26,27)28)13-7-16(23)19(25)17(24)8-13/h2-3,6-8,14H,4-5,9-10H2,1H3,(H,29,31)/t14-,21?/m1/s1. The number of oxime groups is 1. The minimum Gasteiger partial charge on any atom is -0.379 e. The first-order chi connectivity index (χ1) is 15.5. The van der Waals surface area contributed by atoms with E-state index in [9.17, 15) is 22.4 Å². The van der Waals surface area contributed by atoms with Crippen LogP contribution in [0.1, 0.15) is 39.9 Å². The summed E-state index contributed by atoms with van der Waals surface area (Å²) in [7, 11) is 0. The zero-order valence-electron chi connectivity index (χ0n) is 17.2. The molecule has 2 heterocycles. The van der Waals surface area contributed by atoms with Crippen molar-refractivity contribution in [3.05, 3.63) is 68.4 Å². The van der Waals surface area contributed by atoms with Crippen molar-refractivity contribution >= 4 is 34.8 Å². The molecule has 1 fully saturated rings. The van der Waals surface area contributed by atoms with E-state index in [1.807, 2.05) is 0 Å². The Balaban J connectivity index is 1.61. The van der Waals surface area contributed by atoms with E-state index in [0.717, 1.165) is 12.1 Å². The topological polar surface area (TPSA) is 59.9 Å². The molecule has 2 aromatic carbocycles. The van der Waals surface area contributed by atoms with Gasteiger partial charge in [0.1, 0.15) is 0 Å². The Labute approximate surface area is 196 Å². The number of rotatable bonds is 4. The number of ether oxygens (including phenoxy) is 1. The van der Waals surface area contributed by atoms with Crippen molar-refractivity contribution in [1.82, 2.24) is 5.32 Å². The number of nitrogens with zero attached hydrogens (tertiary/aromatic N) is 1. The Morgan fingerprint density at radius 2 is 1.91 bits per heavy atom. The minimum atomic E-state index is -4.90. The summed E-state index contributed by atoms with van der Waals surface area (Å²) in [5, 5.41) is 5.44. The van der Waals surface area contributed by atoms with E-state index in [1.54, 1.807) is 13.0 Å². The van der Waals surface area contributed by atoms with Crippen molar-refractivity contribution in [1.29, 1.82) is 0 Å². The molecule has 2 aliphatic heterocycles. The van der Waals surface area contributed by atoms with Crippen molar-refractivity contribution in [2.45, 2.75) is 37.6 Å². The molecule has 33 heavy (non-hydrogen) atoms. The molecule has 2 aromatic rings. The molecule has 11 heteroatoms. The molecule has 0 bridgehead atoms. The highest BCUT2D eigenvalue weighted by atomic mass is 35.5. The summed E-state index contributed by atoms with van der Waals surface area (Å²) in [6.45, 7) is 2.69. The maximum Gasteiger partial charge on any atom is 0.435 e. The van der Waals surface area contributed by atoms with Crippen molar-refractivity contribution in [2.24, 2.45) is 5.16 Å². The fourth-order valence-corrected chi connectivity index (χ4v) is 4.34. The van der Waals surface area contributed by atoms with Crippen LogP contribution >= 0.6 is 23.2 Å². The molecule has 176 valence electrons. The van der Waals surface area contributed by atoms with Gasteiger partial charge in [0.15, 0.2) is 5.82 Å². The third kappa shape index (κ3) is 4.41. The van der Waals surface area contributed by atoms with Gasteiger partial charge in [0, 0.05) is 24.2 Å². The van der Waals surface area contributed by atoms with Gasteiger partial charge in [-0.15, -0.1) is 0 Å². The SMILES string of the molecule is Cc1cc(C2=NOC(c3cc(Cl)c(F)c(Cl)c3)(C(F)(F)F)C2)ccc1C(=O)N[C@@H]1CCOC1. The molecule has 0 spiro atoms. The molecule has 1 saturated heterocycles. The summed E-state index contributed by atoms with van der Waals surface area (Å²) in [5.74, 6) is -1.31. The second-order valence-corrected chi connectivity index (χ2v) is 8.76. The van der Waals surface area contributed by atoms with Crippen molar-refractivity contribution in [3.63, 3.8) is 0 Å². The Bertz CT molecular complexity index is 1110. The molecular formula is C22H18Cl2F4N2O3. The average molecular weight is 505 g/mol. The fraction of sp³-hybridized carbons (Fsp3) is 0.364. The van der Waals surface area contributed by atoms with Gasteiger partial charge in [-0.05, 0) is 48.7 Å². The Morgan fingerprint density at radius 1 is 1.21 bits per heavy atom. The highest BCUT2D eigenvalue weighted by Gasteiger charge is 2.62. The fourth-order valence-electron chi connectivity index (χ4n) is 3.86. The number of benzene rings is 2. The van der Waals surface area contributed by atoms with E-state index in [1.165, 1.54) is 12.1 Å². The first-order valence-electron chi connectivity index (χ1n) is 9.98. The number of halogens is 6. The van der Waals surface area contributed by atoms with Gasteiger partial charge >= 0.3 is 6.18 Å². The summed E-state index contributed by atoms with van der Waals surface area (Å²) in [4.78, 5) is 17.5. The first-order valence-corrected chi connectivity index (χ1v) is 10.7. The molecule has 0 saturated carbocycles. The quantitative estimate of drug-likeness (QED) is 0.439. The number of amides is 1. The number of hydrogen-bond donors (Lipinski definition) is 1. The molecule has 2 aliphatic rings. The molecule has 2 atom stereocenters. The maximum absolute atomic E-state index is 14.2. The van der Waals surface area contributed by atoms with Crippen LogP contribution in [0.15, 0.2) is 35.5 Å². The monoisotopic (exact) mass is 504 g/mol. The van der Waals surface area contributed by atoms with Gasteiger partial charge in [-0.1, -0.05) is 34.4 Å². The largest absolute Gasteiger partial charge is 0.435 e. The van der Waals surface area contributed by atoms with Crippen LogP contribution in [0, 0.1) is 12.7 Å². The van der Waals surface area contributed by atoms with Crippen molar-refractivity contribution < 1.29 is 31.9 Å². The first kappa shape index (κ1) is 23.8. The summed E-state index contributed by atoms with van der Waals surface area (Å²) in [5.41, 5.74) is -2.01. The molecule has 1 unspecified atom stereocenters. The molecule has 1 N–H and O–H groups in total. The zero-order chi connectivity index (χ0) is 24.0. The second-order valence-electron chi connectivity index (χ2n) is 7.95. The zero-order valence-corrected chi connectivity index (χ0v) is 18.7. The third-order valence-corrected chi connectivity index (χ3v) is 6.26. The Kier molecular flexibility index (Phi) is 6.32. The predicted molar refractivity (Wildman–Crippen MR) is 114 cm³/mol. The lowest BCUT2D eigenvalue weighted by Crippen LogP contribution is -2.42. The number of alkyl halides is 3. The Hall–Kier alpha value is -2.36. The van der Waals surface area contributed by atoms with Gasteiger partial charge in [-0.3, -0.25) is 4.79 Å². The van der Waals surface area contributed by atoms with Gasteiger partial charge in [-0.2, -0.15) is 13.2 Å². The molecule has 4 rings (SSSR count). The number of carbonyl (C=O) groups excluding carboxylic acids is 1. The summed E-state index contributed by atoms with van der Waals surface area (Å²) in [6, 6.07) is 6.19. The molecule has 1 amide bonds. The second kappa shape index (κ2) is 8.77. The smallest absolute Gasteiger partial charge is 0.379 e. The summed E-state index contributed by atoms with van der Waals surface area (Å²) >= 11 is 11.5. The van der Waals surface area contributed by atoms with Gasteiger partial charge in [0.05, 0.1) is 28.4 Å². The normalized spacial score (nSPS) is 22.8. The predicted octanol–water partition coefficient (Wildman–Crippen LogP) is 5.54. The van der Waals surface area contributed by atoms with Crippen LogP contribution in [0.2, 0.25) is 10.0 Å². The minimum absolute atomic E-state index is 0.0168.